The van der Waals surface area contributed by atoms with Gasteiger partial charge in [0.15, 0.2) is 11.6 Å². The van der Waals surface area contributed by atoms with E-state index in [4.69, 9.17) is 4.74 Å². The smallest absolute Gasteiger partial charge is 0.192 e. The Balaban J connectivity index is 1.70. The second kappa shape index (κ2) is 5.85. The standard InChI is InChI=1S/C18H14O3/c19-17-10-14(12-21-11-13-6-2-1-3-7-13)18(20)16-9-5-4-8-15(16)17/h1-10H,11-12H2. The molecular formula is C18H14O3. The Morgan fingerprint density at radius 3 is 2.19 bits per heavy atom. The van der Waals surface area contributed by atoms with E-state index in [9.17, 15) is 9.59 Å². The monoisotopic (exact) mass is 278 g/mol. The van der Waals surface area contributed by atoms with Crippen LogP contribution in [0.2, 0.25) is 0 Å². The maximum Gasteiger partial charge on any atom is 0.192 e. The zero-order chi connectivity index (χ0) is 14.7. The van der Waals surface area contributed by atoms with Crippen LogP contribution in [0.25, 0.3) is 0 Å². The van der Waals surface area contributed by atoms with Crippen molar-refractivity contribution in [3.8, 4) is 0 Å². The molecule has 2 aromatic rings. The fourth-order valence-corrected chi connectivity index (χ4v) is 2.33. The molecule has 0 N–H and O–H groups in total. The molecule has 0 spiro atoms. The van der Waals surface area contributed by atoms with Crippen LogP contribution in [0.15, 0.2) is 66.2 Å². The average molecular weight is 278 g/mol. The number of carbonyl (C=O) groups is 2. The molecule has 0 amide bonds. The lowest BCUT2D eigenvalue weighted by Gasteiger charge is -2.15. The zero-order valence-corrected chi connectivity index (χ0v) is 11.4. The number of benzene rings is 2. The third-order valence-corrected chi connectivity index (χ3v) is 3.40. The maximum atomic E-state index is 12.3. The topological polar surface area (TPSA) is 43.4 Å². The molecular weight excluding hydrogens is 264 g/mol. The molecule has 0 saturated carbocycles. The molecule has 0 aromatic heterocycles. The SMILES string of the molecule is O=C1C=C(COCc2ccccc2)C(=O)c2ccccc21. The number of Topliss-reactive ketones (excluding diaryl/α,β-unsaturated/α-hetero) is 1. The first kappa shape index (κ1) is 13.5. The average Bonchev–Trinajstić information content (AvgIpc) is 2.53. The van der Waals surface area contributed by atoms with E-state index >= 15 is 0 Å². The molecule has 2 aromatic carbocycles. The van der Waals surface area contributed by atoms with Gasteiger partial charge in [-0.2, -0.15) is 0 Å². The predicted octanol–water partition coefficient (Wildman–Crippen LogP) is 3.21. The lowest BCUT2D eigenvalue weighted by atomic mass is 9.90. The van der Waals surface area contributed by atoms with Crippen LogP contribution in [0, 0.1) is 0 Å². The maximum absolute atomic E-state index is 12.3. The highest BCUT2D eigenvalue weighted by Gasteiger charge is 2.24. The lowest BCUT2D eigenvalue weighted by molar-refractivity contribution is 0.0933. The summed E-state index contributed by atoms with van der Waals surface area (Å²) in [6.07, 6.45) is 1.38. The molecule has 0 bridgehead atoms. The van der Waals surface area contributed by atoms with Gasteiger partial charge >= 0.3 is 0 Å². The van der Waals surface area contributed by atoms with Crippen molar-refractivity contribution in [2.24, 2.45) is 0 Å². The van der Waals surface area contributed by atoms with E-state index in [1.54, 1.807) is 24.3 Å². The van der Waals surface area contributed by atoms with Gasteiger partial charge in [0.1, 0.15) is 0 Å². The first-order valence-corrected chi connectivity index (χ1v) is 6.76. The summed E-state index contributed by atoms with van der Waals surface area (Å²) in [7, 11) is 0. The van der Waals surface area contributed by atoms with E-state index in [1.807, 2.05) is 30.3 Å². The highest BCUT2D eigenvalue weighted by atomic mass is 16.5. The molecule has 0 unspecified atom stereocenters. The van der Waals surface area contributed by atoms with E-state index in [-0.39, 0.29) is 18.2 Å². The van der Waals surface area contributed by atoms with Gasteiger partial charge in [0, 0.05) is 16.7 Å². The Morgan fingerprint density at radius 2 is 1.43 bits per heavy atom. The quantitative estimate of drug-likeness (QED) is 0.862. The van der Waals surface area contributed by atoms with Crippen LogP contribution in [0.5, 0.6) is 0 Å². The third kappa shape index (κ3) is 2.83. The Morgan fingerprint density at radius 1 is 0.762 bits per heavy atom. The molecule has 1 aliphatic rings. The Hall–Kier alpha value is -2.52. The van der Waals surface area contributed by atoms with Gasteiger partial charge < -0.3 is 4.74 Å². The number of hydrogen-bond acceptors (Lipinski definition) is 3. The lowest BCUT2D eigenvalue weighted by Crippen LogP contribution is -2.19. The summed E-state index contributed by atoms with van der Waals surface area (Å²) in [4.78, 5) is 24.3. The molecule has 0 atom stereocenters. The second-order valence-electron chi connectivity index (χ2n) is 4.89. The van der Waals surface area contributed by atoms with E-state index in [1.165, 1.54) is 6.08 Å². The van der Waals surface area contributed by atoms with Crippen LogP contribution >= 0.6 is 0 Å². The summed E-state index contributed by atoms with van der Waals surface area (Å²) >= 11 is 0. The number of ether oxygens (including phenoxy) is 1. The van der Waals surface area contributed by atoms with Crippen molar-refractivity contribution in [3.05, 3.63) is 82.9 Å². The fraction of sp³-hybridized carbons (Fsp3) is 0.111. The van der Waals surface area contributed by atoms with E-state index < -0.39 is 0 Å². The van der Waals surface area contributed by atoms with Crippen LogP contribution in [0.1, 0.15) is 26.3 Å². The predicted molar refractivity (Wildman–Crippen MR) is 79.3 cm³/mol. The van der Waals surface area contributed by atoms with E-state index in [2.05, 4.69) is 0 Å². The van der Waals surface area contributed by atoms with Crippen molar-refractivity contribution < 1.29 is 14.3 Å². The number of rotatable bonds is 4. The normalized spacial score (nSPS) is 13.8. The Labute approximate surface area is 122 Å². The second-order valence-corrected chi connectivity index (χ2v) is 4.89. The van der Waals surface area contributed by atoms with Gasteiger partial charge in [-0.3, -0.25) is 9.59 Å². The van der Waals surface area contributed by atoms with Gasteiger partial charge in [-0.05, 0) is 11.6 Å². The van der Waals surface area contributed by atoms with Gasteiger partial charge in [0.2, 0.25) is 0 Å². The number of hydrogen-bond donors (Lipinski definition) is 0. The molecule has 0 aliphatic heterocycles. The zero-order valence-electron chi connectivity index (χ0n) is 11.4. The van der Waals surface area contributed by atoms with Crippen molar-refractivity contribution in [3.63, 3.8) is 0 Å². The summed E-state index contributed by atoms with van der Waals surface area (Å²) in [6, 6.07) is 16.6. The van der Waals surface area contributed by atoms with Gasteiger partial charge in [-0.1, -0.05) is 54.6 Å². The first-order chi connectivity index (χ1) is 10.3. The molecule has 0 heterocycles. The number of fused-ring (bicyclic) bond motifs is 1. The van der Waals surface area contributed by atoms with Gasteiger partial charge in [-0.25, -0.2) is 0 Å². The van der Waals surface area contributed by atoms with Crippen molar-refractivity contribution in [2.75, 3.05) is 6.61 Å². The van der Waals surface area contributed by atoms with E-state index in [0.29, 0.717) is 23.3 Å². The minimum Gasteiger partial charge on any atom is -0.372 e. The first-order valence-electron chi connectivity index (χ1n) is 6.76. The molecule has 3 heteroatoms. The van der Waals surface area contributed by atoms with Crippen molar-refractivity contribution in [1.29, 1.82) is 0 Å². The molecule has 104 valence electrons. The molecule has 3 rings (SSSR count). The van der Waals surface area contributed by atoms with Crippen LogP contribution in [-0.4, -0.2) is 18.2 Å². The summed E-state index contributed by atoms with van der Waals surface area (Å²) in [5.74, 6) is -0.262. The summed E-state index contributed by atoms with van der Waals surface area (Å²) < 4.78 is 5.55. The van der Waals surface area contributed by atoms with Crippen molar-refractivity contribution in [1.82, 2.24) is 0 Å². The molecule has 3 nitrogen and oxygen atoms in total. The largest absolute Gasteiger partial charge is 0.372 e. The number of allylic oxidation sites excluding steroid dienone is 1. The molecule has 0 radical (unpaired) electrons. The third-order valence-electron chi connectivity index (χ3n) is 3.40. The molecule has 0 saturated heterocycles. The van der Waals surface area contributed by atoms with E-state index in [0.717, 1.165) is 5.56 Å². The van der Waals surface area contributed by atoms with Gasteiger partial charge in [0.05, 0.1) is 13.2 Å². The molecule has 21 heavy (non-hydrogen) atoms. The number of ketones is 2. The van der Waals surface area contributed by atoms with Gasteiger partial charge in [0.25, 0.3) is 0 Å². The van der Waals surface area contributed by atoms with Crippen LogP contribution < -0.4 is 0 Å². The van der Waals surface area contributed by atoms with Crippen LogP contribution in [-0.2, 0) is 11.3 Å². The molecule has 1 aliphatic carbocycles. The summed E-state index contributed by atoms with van der Waals surface area (Å²) in [6.45, 7) is 0.565. The van der Waals surface area contributed by atoms with Crippen LogP contribution in [0.3, 0.4) is 0 Å². The summed E-state index contributed by atoms with van der Waals surface area (Å²) in [5, 5.41) is 0. The highest BCUT2D eigenvalue weighted by Crippen LogP contribution is 2.21. The van der Waals surface area contributed by atoms with Crippen molar-refractivity contribution in [2.45, 2.75) is 6.61 Å². The highest BCUT2D eigenvalue weighted by molar-refractivity contribution is 6.24. The summed E-state index contributed by atoms with van der Waals surface area (Å²) in [5.41, 5.74) is 2.38. The van der Waals surface area contributed by atoms with Crippen LogP contribution in [0.4, 0.5) is 0 Å². The van der Waals surface area contributed by atoms with Crippen molar-refractivity contribution >= 4 is 11.6 Å². The Kier molecular flexibility index (Phi) is 3.75. The van der Waals surface area contributed by atoms with Gasteiger partial charge in [-0.15, -0.1) is 0 Å². The minimum atomic E-state index is -0.136. The number of carbonyl (C=O) groups excluding carboxylic acids is 2. The molecule has 0 fully saturated rings. The Bertz CT molecular complexity index is 714. The minimum absolute atomic E-state index is 0.127. The fourth-order valence-electron chi connectivity index (χ4n) is 2.33.